The van der Waals surface area contributed by atoms with Crippen molar-refractivity contribution in [1.29, 1.82) is 0 Å². The molecule has 0 amide bonds. The van der Waals surface area contributed by atoms with Gasteiger partial charge in [-0.25, -0.2) is 0 Å². The molecule has 1 aromatic rings. The number of hydrogen-bond acceptors (Lipinski definition) is 4. The van der Waals surface area contributed by atoms with Gasteiger partial charge in [-0.05, 0) is 12.8 Å². The first kappa shape index (κ1) is 9.37. The van der Waals surface area contributed by atoms with Crippen LogP contribution >= 0.6 is 0 Å². The highest BCUT2D eigenvalue weighted by Gasteiger charge is 2.20. The van der Waals surface area contributed by atoms with Crippen molar-refractivity contribution in [3.63, 3.8) is 0 Å². The molecule has 1 aliphatic carbocycles. The minimum Gasteiger partial charge on any atom is -0.339 e. The van der Waals surface area contributed by atoms with Crippen LogP contribution in [0.25, 0.3) is 0 Å². The van der Waals surface area contributed by atoms with E-state index in [-0.39, 0.29) is 6.42 Å². The summed E-state index contributed by atoms with van der Waals surface area (Å²) >= 11 is 0. The quantitative estimate of drug-likeness (QED) is 0.689. The van der Waals surface area contributed by atoms with Gasteiger partial charge >= 0.3 is 0 Å². The molecule has 1 fully saturated rings. The first-order valence-corrected chi connectivity index (χ1v) is 5.16. The van der Waals surface area contributed by atoms with Crippen molar-refractivity contribution >= 4 is 6.29 Å². The summed E-state index contributed by atoms with van der Waals surface area (Å²) < 4.78 is 4.97. The first-order chi connectivity index (χ1) is 6.90. The van der Waals surface area contributed by atoms with Crippen LogP contribution in [0.4, 0.5) is 0 Å². The van der Waals surface area contributed by atoms with Gasteiger partial charge in [0.05, 0.1) is 6.42 Å². The number of hydrogen-bond donors (Lipinski definition) is 0. The lowest BCUT2D eigenvalue weighted by molar-refractivity contribution is -0.107. The lowest BCUT2D eigenvalue weighted by Crippen LogP contribution is -2.06. The lowest BCUT2D eigenvalue weighted by Gasteiger charge is -2.17. The molecule has 0 N–H and O–H groups in total. The van der Waals surface area contributed by atoms with Gasteiger partial charge in [0.1, 0.15) is 6.29 Å². The molecular weight excluding hydrogens is 180 g/mol. The maximum Gasteiger partial charge on any atom is 0.233 e. The van der Waals surface area contributed by atoms with E-state index in [1.165, 1.54) is 19.3 Å². The maximum atomic E-state index is 10.2. The molecule has 0 saturated heterocycles. The Bertz CT molecular complexity index is 303. The van der Waals surface area contributed by atoms with Crippen molar-refractivity contribution in [3.8, 4) is 0 Å². The van der Waals surface area contributed by atoms with E-state index >= 15 is 0 Å². The molecule has 1 aromatic heterocycles. The zero-order valence-electron chi connectivity index (χ0n) is 8.11. The average molecular weight is 194 g/mol. The summed E-state index contributed by atoms with van der Waals surface area (Å²) in [6.07, 6.45) is 7.15. The number of aldehydes is 1. The van der Waals surface area contributed by atoms with Crippen molar-refractivity contribution in [2.45, 2.75) is 44.4 Å². The average Bonchev–Trinajstić information content (AvgIpc) is 2.68. The Balaban J connectivity index is 2.03. The smallest absolute Gasteiger partial charge is 0.233 e. The standard InChI is InChI=1S/C10H14N2O2/c13-7-6-9-11-10(12-14-9)8-4-2-1-3-5-8/h7-8H,1-6H2. The molecule has 4 nitrogen and oxygen atoms in total. The third kappa shape index (κ3) is 2.00. The van der Waals surface area contributed by atoms with Crippen LogP contribution in [0.5, 0.6) is 0 Å². The van der Waals surface area contributed by atoms with Crippen LogP contribution < -0.4 is 0 Å². The van der Waals surface area contributed by atoms with Gasteiger partial charge in [0, 0.05) is 5.92 Å². The first-order valence-electron chi connectivity index (χ1n) is 5.16. The molecule has 1 saturated carbocycles. The summed E-state index contributed by atoms with van der Waals surface area (Å²) in [5.74, 6) is 1.69. The molecule has 0 bridgehead atoms. The normalized spacial score (nSPS) is 18.3. The summed E-state index contributed by atoms with van der Waals surface area (Å²) in [6, 6.07) is 0. The van der Waals surface area contributed by atoms with Crippen molar-refractivity contribution in [2.24, 2.45) is 0 Å². The molecule has 0 unspecified atom stereocenters. The molecule has 0 atom stereocenters. The fourth-order valence-corrected chi connectivity index (χ4v) is 1.95. The zero-order valence-corrected chi connectivity index (χ0v) is 8.11. The Morgan fingerprint density at radius 2 is 2.14 bits per heavy atom. The fourth-order valence-electron chi connectivity index (χ4n) is 1.95. The van der Waals surface area contributed by atoms with Crippen LogP contribution in [0.1, 0.15) is 49.7 Å². The topological polar surface area (TPSA) is 56.0 Å². The molecule has 2 rings (SSSR count). The number of aromatic nitrogens is 2. The van der Waals surface area contributed by atoms with E-state index in [1.54, 1.807) is 0 Å². The van der Waals surface area contributed by atoms with Crippen LogP contribution in [-0.2, 0) is 11.2 Å². The van der Waals surface area contributed by atoms with Crippen LogP contribution in [0.2, 0.25) is 0 Å². The highest BCUT2D eigenvalue weighted by atomic mass is 16.5. The van der Waals surface area contributed by atoms with E-state index in [0.717, 1.165) is 25.0 Å². The van der Waals surface area contributed by atoms with Gasteiger partial charge < -0.3 is 9.32 Å². The Morgan fingerprint density at radius 3 is 2.86 bits per heavy atom. The molecule has 76 valence electrons. The number of rotatable bonds is 3. The second kappa shape index (κ2) is 4.35. The van der Waals surface area contributed by atoms with E-state index in [2.05, 4.69) is 10.1 Å². The van der Waals surface area contributed by atoms with Gasteiger partial charge in [-0.15, -0.1) is 0 Å². The van der Waals surface area contributed by atoms with Gasteiger partial charge in [0.2, 0.25) is 5.89 Å². The molecule has 1 heterocycles. The molecule has 14 heavy (non-hydrogen) atoms. The molecular formula is C10H14N2O2. The highest BCUT2D eigenvalue weighted by Crippen LogP contribution is 2.30. The summed E-state index contributed by atoms with van der Waals surface area (Å²) in [5, 5.41) is 3.91. The monoisotopic (exact) mass is 194 g/mol. The second-order valence-corrected chi connectivity index (χ2v) is 3.75. The summed E-state index contributed by atoms with van der Waals surface area (Å²) in [5.41, 5.74) is 0. The Kier molecular flexibility index (Phi) is 2.91. The van der Waals surface area contributed by atoms with Crippen molar-refractivity contribution in [2.75, 3.05) is 0 Å². The van der Waals surface area contributed by atoms with Gasteiger partial charge in [0.15, 0.2) is 5.82 Å². The van der Waals surface area contributed by atoms with Crippen molar-refractivity contribution in [1.82, 2.24) is 10.1 Å². The van der Waals surface area contributed by atoms with E-state index < -0.39 is 0 Å². The van der Waals surface area contributed by atoms with Crippen LogP contribution in [0, 0.1) is 0 Å². The van der Waals surface area contributed by atoms with E-state index in [4.69, 9.17) is 4.52 Å². The van der Waals surface area contributed by atoms with E-state index in [0.29, 0.717) is 11.8 Å². The van der Waals surface area contributed by atoms with Crippen molar-refractivity contribution < 1.29 is 9.32 Å². The van der Waals surface area contributed by atoms with E-state index in [9.17, 15) is 4.79 Å². The third-order valence-corrected chi connectivity index (χ3v) is 2.71. The number of carbonyl (C=O) groups is 1. The SMILES string of the molecule is O=CCc1nc(C2CCCCC2)no1. The molecule has 0 aromatic carbocycles. The number of carbonyl (C=O) groups excluding carboxylic acids is 1. The van der Waals surface area contributed by atoms with Gasteiger partial charge in [0.25, 0.3) is 0 Å². The maximum absolute atomic E-state index is 10.2. The van der Waals surface area contributed by atoms with Crippen LogP contribution in [-0.4, -0.2) is 16.4 Å². The fraction of sp³-hybridized carbons (Fsp3) is 0.700. The summed E-state index contributed by atoms with van der Waals surface area (Å²) in [7, 11) is 0. The molecule has 4 heteroatoms. The predicted octanol–water partition coefficient (Wildman–Crippen LogP) is 1.86. The van der Waals surface area contributed by atoms with Gasteiger partial charge in [-0.3, -0.25) is 0 Å². The molecule has 0 spiro atoms. The second-order valence-electron chi connectivity index (χ2n) is 3.75. The van der Waals surface area contributed by atoms with Gasteiger partial charge in [-0.2, -0.15) is 4.98 Å². The number of nitrogens with zero attached hydrogens (tertiary/aromatic N) is 2. The molecule has 1 aliphatic rings. The lowest BCUT2D eigenvalue weighted by atomic mass is 9.89. The van der Waals surface area contributed by atoms with E-state index in [1.807, 2.05) is 0 Å². The summed E-state index contributed by atoms with van der Waals surface area (Å²) in [4.78, 5) is 14.4. The third-order valence-electron chi connectivity index (χ3n) is 2.71. The Labute approximate surface area is 82.7 Å². The van der Waals surface area contributed by atoms with Gasteiger partial charge in [-0.1, -0.05) is 24.4 Å². The highest BCUT2D eigenvalue weighted by molar-refractivity contribution is 5.52. The Morgan fingerprint density at radius 1 is 1.36 bits per heavy atom. The molecule has 0 radical (unpaired) electrons. The summed E-state index contributed by atoms with van der Waals surface area (Å²) in [6.45, 7) is 0. The van der Waals surface area contributed by atoms with Crippen molar-refractivity contribution in [3.05, 3.63) is 11.7 Å². The molecule has 0 aliphatic heterocycles. The minimum atomic E-state index is 0.236. The minimum absolute atomic E-state index is 0.236. The zero-order chi connectivity index (χ0) is 9.80. The largest absolute Gasteiger partial charge is 0.339 e. The van der Waals surface area contributed by atoms with Crippen LogP contribution in [0.15, 0.2) is 4.52 Å². The predicted molar refractivity (Wildman–Crippen MR) is 49.9 cm³/mol. The Hall–Kier alpha value is -1.19. The van der Waals surface area contributed by atoms with Crippen LogP contribution in [0.3, 0.4) is 0 Å².